The number of fused-ring (bicyclic) bond motifs is 1. The molecular formula is C15H20N2O. The molecule has 1 saturated carbocycles. The van der Waals surface area contributed by atoms with Crippen LogP contribution in [0.25, 0.3) is 0 Å². The Kier molecular flexibility index (Phi) is 2.98. The summed E-state index contributed by atoms with van der Waals surface area (Å²) in [6.07, 6.45) is 5.26. The Balaban J connectivity index is 1.74. The molecule has 1 aromatic carbocycles. The number of benzene rings is 1. The number of likely N-dealkylation sites (tertiary alicyclic amines) is 1. The molecule has 2 N–H and O–H groups in total. The summed E-state index contributed by atoms with van der Waals surface area (Å²) in [5, 5.41) is 0. The number of carbonyl (C=O) groups excluding carboxylic acids is 1. The van der Waals surface area contributed by atoms with Crippen LogP contribution in [0.15, 0.2) is 24.3 Å². The first kappa shape index (κ1) is 11.6. The normalized spacial score (nSPS) is 27.0. The minimum absolute atomic E-state index is 0.150. The van der Waals surface area contributed by atoms with Crippen LogP contribution in [0.4, 0.5) is 5.69 Å². The number of nitrogens with zero attached hydrogens (tertiary/aromatic N) is 1. The zero-order chi connectivity index (χ0) is 12.5. The molecule has 0 aromatic heterocycles. The molecule has 2 fully saturated rings. The molecule has 3 nitrogen and oxygen atoms in total. The quantitative estimate of drug-likeness (QED) is 0.772. The van der Waals surface area contributed by atoms with Gasteiger partial charge in [0, 0.05) is 24.3 Å². The van der Waals surface area contributed by atoms with Gasteiger partial charge in [-0.2, -0.15) is 0 Å². The number of anilines is 1. The van der Waals surface area contributed by atoms with E-state index in [0.29, 0.717) is 5.69 Å². The Bertz CT molecular complexity index is 444. The molecule has 96 valence electrons. The van der Waals surface area contributed by atoms with Crippen molar-refractivity contribution in [2.45, 2.75) is 25.7 Å². The minimum Gasteiger partial charge on any atom is -0.399 e. The van der Waals surface area contributed by atoms with Gasteiger partial charge in [0.15, 0.2) is 0 Å². The van der Waals surface area contributed by atoms with Crippen molar-refractivity contribution < 1.29 is 4.79 Å². The Morgan fingerprint density at radius 3 is 2.44 bits per heavy atom. The van der Waals surface area contributed by atoms with Gasteiger partial charge in [-0.3, -0.25) is 4.79 Å². The topological polar surface area (TPSA) is 46.3 Å². The van der Waals surface area contributed by atoms with Crippen LogP contribution in [0, 0.1) is 11.8 Å². The van der Waals surface area contributed by atoms with Crippen molar-refractivity contribution in [3.05, 3.63) is 29.8 Å². The number of nitrogens with two attached hydrogens (primary N) is 1. The summed E-state index contributed by atoms with van der Waals surface area (Å²) in [4.78, 5) is 14.4. The van der Waals surface area contributed by atoms with E-state index in [1.165, 1.54) is 25.7 Å². The van der Waals surface area contributed by atoms with Crippen LogP contribution in [-0.2, 0) is 0 Å². The van der Waals surface area contributed by atoms with Gasteiger partial charge in [0.1, 0.15) is 0 Å². The SMILES string of the molecule is Nc1cccc(C(=O)N2CC3CCCCC3C2)c1. The van der Waals surface area contributed by atoms with Gasteiger partial charge in [0.25, 0.3) is 5.91 Å². The van der Waals surface area contributed by atoms with Crippen LogP contribution in [0.5, 0.6) is 0 Å². The molecule has 1 saturated heterocycles. The molecule has 2 aliphatic rings. The summed E-state index contributed by atoms with van der Waals surface area (Å²) in [5.41, 5.74) is 7.14. The number of carbonyl (C=O) groups is 1. The summed E-state index contributed by atoms with van der Waals surface area (Å²) >= 11 is 0. The molecular weight excluding hydrogens is 224 g/mol. The fourth-order valence-electron chi connectivity index (χ4n) is 3.43. The Labute approximate surface area is 108 Å². The first-order chi connectivity index (χ1) is 8.74. The van der Waals surface area contributed by atoms with Crippen LogP contribution in [0.2, 0.25) is 0 Å². The highest BCUT2D eigenvalue weighted by Gasteiger charge is 2.36. The van der Waals surface area contributed by atoms with Crippen molar-refractivity contribution in [3.8, 4) is 0 Å². The van der Waals surface area contributed by atoms with Crippen molar-refractivity contribution in [2.75, 3.05) is 18.8 Å². The van der Waals surface area contributed by atoms with E-state index in [1.807, 2.05) is 23.1 Å². The van der Waals surface area contributed by atoms with Crippen molar-refractivity contribution in [1.29, 1.82) is 0 Å². The third kappa shape index (κ3) is 2.09. The molecule has 2 unspecified atom stereocenters. The highest BCUT2D eigenvalue weighted by Crippen LogP contribution is 2.36. The molecule has 0 radical (unpaired) electrons. The summed E-state index contributed by atoms with van der Waals surface area (Å²) in [5.74, 6) is 1.63. The first-order valence-corrected chi connectivity index (χ1v) is 6.89. The number of rotatable bonds is 1. The molecule has 2 atom stereocenters. The van der Waals surface area contributed by atoms with Crippen LogP contribution in [-0.4, -0.2) is 23.9 Å². The average Bonchev–Trinajstić information content (AvgIpc) is 2.81. The molecule has 18 heavy (non-hydrogen) atoms. The third-order valence-corrected chi connectivity index (χ3v) is 4.40. The third-order valence-electron chi connectivity index (χ3n) is 4.40. The number of amides is 1. The van der Waals surface area contributed by atoms with Crippen LogP contribution in [0.1, 0.15) is 36.0 Å². The summed E-state index contributed by atoms with van der Waals surface area (Å²) in [6, 6.07) is 7.32. The van der Waals surface area contributed by atoms with Crippen LogP contribution in [0.3, 0.4) is 0 Å². The Hall–Kier alpha value is -1.51. The maximum Gasteiger partial charge on any atom is 0.253 e. The molecule has 0 spiro atoms. The number of hydrogen-bond acceptors (Lipinski definition) is 2. The molecule has 0 bridgehead atoms. The molecule has 3 heteroatoms. The van der Waals surface area contributed by atoms with Gasteiger partial charge in [-0.1, -0.05) is 18.9 Å². The van der Waals surface area contributed by atoms with E-state index in [2.05, 4.69) is 0 Å². The molecule has 1 aliphatic heterocycles. The smallest absolute Gasteiger partial charge is 0.253 e. The number of nitrogen functional groups attached to an aromatic ring is 1. The Morgan fingerprint density at radius 2 is 1.83 bits per heavy atom. The van der Waals surface area contributed by atoms with E-state index in [0.717, 1.165) is 30.5 Å². The van der Waals surface area contributed by atoms with Crippen molar-refractivity contribution in [3.63, 3.8) is 0 Å². The van der Waals surface area contributed by atoms with Crippen molar-refractivity contribution in [1.82, 2.24) is 4.90 Å². The van der Waals surface area contributed by atoms with E-state index >= 15 is 0 Å². The molecule has 1 aromatic rings. The van der Waals surface area contributed by atoms with E-state index < -0.39 is 0 Å². The zero-order valence-electron chi connectivity index (χ0n) is 10.6. The van der Waals surface area contributed by atoms with Gasteiger partial charge in [0.2, 0.25) is 0 Å². The lowest BCUT2D eigenvalue weighted by Gasteiger charge is -2.22. The van der Waals surface area contributed by atoms with Gasteiger partial charge < -0.3 is 10.6 Å². The predicted octanol–water partition coefficient (Wildman–Crippen LogP) is 2.53. The summed E-state index contributed by atoms with van der Waals surface area (Å²) < 4.78 is 0. The van der Waals surface area contributed by atoms with E-state index in [9.17, 15) is 4.79 Å². The highest BCUT2D eigenvalue weighted by atomic mass is 16.2. The zero-order valence-corrected chi connectivity index (χ0v) is 10.6. The van der Waals surface area contributed by atoms with Crippen LogP contribution >= 0.6 is 0 Å². The minimum atomic E-state index is 0.150. The van der Waals surface area contributed by atoms with Gasteiger partial charge in [0.05, 0.1) is 0 Å². The van der Waals surface area contributed by atoms with Crippen LogP contribution < -0.4 is 5.73 Å². The lowest BCUT2D eigenvalue weighted by Crippen LogP contribution is -2.29. The van der Waals surface area contributed by atoms with E-state index in [1.54, 1.807) is 6.07 Å². The van der Waals surface area contributed by atoms with E-state index in [-0.39, 0.29) is 5.91 Å². The lowest BCUT2D eigenvalue weighted by molar-refractivity contribution is 0.0784. The standard InChI is InChI=1S/C15H20N2O/c16-14-7-3-6-11(8-14)15(18)17-9-12-4-1-2-5-13(12)10-17/h3,6-8,12-13H,1-2,4-5,9-10,16H2. The first-order valence-electron chi connectivity index (χ1n) is 6.89. The molecule has 1 heterocycles. The largest absolute Gasteiger partial charge is 0.399 e. The second-order valence-corrected chi connectivity index (χ2v) is 5.64. The molecule has 1 amide bonds. The summed E-state index contributed by atoms with van der Waals surface area (Å²) in [6.45, 7) is 1.89. The lowest BCUT2D eigenvalue weighted by atomic mass is 9.82. The maximum absolute atomic E-state index is 12.4. The van der Waals surface area contributed by atoms with Crippen molar-refractivity contribution >= 4 is 11.6 Å². The highest BCUT2D eigenvalue weighted by molar-refractivity contribution is 5.95. The maximum atomic E-state index is 12.4. The second-order valence-electron chi connectivity index (χ2n) is 5.64. The molecule has 1 aliphatic carbocycles. The van der Waals surface area contributed by atoms with Crippen molar-refractivity contribution in [2.24, 2.45) is 11.8 Å². The van der Waals surface area contributed by atoms with Gasteiger partial charge in [-0.15, -0.1) is 0 Å². The molecule has 3 rings (SSSR count). The second kappa shape index (κ2) is 4.63. The summed E-state index contributed by atoms with van der Waals surface area (Å²) in [7, 11) is 0. The van der Waals surface area contributed by atoms with Gasteiger partial charge in [-0.25, -0.2) is 0 Å². The predicted molar refractivity (Wildman–Crippen MR) is 72.2 cm³/mol. The monoisotopic (exact) mass is 244 g/mol. The Morgan fingerprint density at radius 1 is 1.17 bits per heavy atom. The van der Waals surface area contributed by atoms with Gasteiger partial charge in [-0.05, 0) is 42.9 Å². The number of hydrogen-bond donors (Lipinski definition) is 1. The fourth-order valence-corrected chi connectivity index (χ4v) is 3.43. The van der Waals surface area contributed by atoms with Gasteiger partial charge >= 0.3 is 0 Å². The van der Waals surface area contributed by atoms with E-state index in [4.69, 9.17) is 5.73 Å². The fraction of sp³-hybridized carbons (Fsp3) is 0.533. The average molecular weight is 244 g/mol.